The average molecular weight is 410 g/mol. The number of benzene rings is 3. The second-order valence-corrected chi connectivity index (χ2v) is 6.63. The Morgan fingerprint density at radius 2 is 1.52 bits per heavy atom. The Hall–Kier alpha value is -3.71. The summed E-state index contributed by atoms with van der Waals surface area (Å²) in [6, 6.07) is 17.3. The molecular formula is C21H16ClN3O4. The standard InChI is InChI=1S/C21H16ClN3O4/c1-13-7-8-15(11-18(13)23-20(26)14-5-3-2-4-6-14)21(27)24-19-12-16(25(28)29)9-10-17(19)22/h2-12H,1H3,(H,23,26)(H,24,27). The predicted octanol–water partition coefficient (Wildman–Crippen LogP) is 5.06. The zero-order chi connectivity index (χ0) is 21.0. The van der Waals surface area contributed by atoms with Crippen LogP contribution in [0.1, 0.15) is 26.3 Å². The lowest BCUT2D eigenvalue weighted by Gasteiger charge is -2.12. The quantitative estimate of drug-likeness (QED) is 0.454. The van der Waals surface area contributed by atoms with Crippen LogP contribution in [0.3, 0.4) is 0 Å². The molecule has 0 heterocycles. The van der Waals surface area contributed by atoms with Crippen molar-refractivity contribution in [1.29, 1.82) is 0 Å². The molecule has 0 radical (unpaired) electrons. The first-order valence-corrected chi connectivity index (χ1v) is 8.95. The van der Waals surface area contributed by atoms with E-state index in [9.17, 15) is 19.7 Å². The van der Waals surface area contributed by atoms with Crippen LogP contribution in [0.15, 0.2) is 66.7 Å². The molecule has 3 aromatic carbocycles. The van der Waals surface area contributed by atoms with Crippen LogP contribution in [-0.2, 0) is 0 Å². The predicted molar refractivity (Wildman–Crippen MR) is 112 cm³/mol. The van der Waals surface area contributed by atoms with E-state index in [1.807, 2.05) is 6.07 Å². The average Bonchev–Trinajstić information content (AvgIpc) is 2.71. The van der Waals surface area contributed by atoms with Crippen molar-refractivity contribution in [2.75, 3.05) is 10.6 Å². The number of nitro benzene ring substituents is 1. The Kier molecular flexibility index (Phi) is 5.90. The number of halogens is 1. The van der Waals surface area contributed by atoms with Gasteiger partial charge in [0, 0.05) is 28.9 Å². The maximum absolute atomic E-state index is 12.6. The molecule has 29 heavy (non-hydrogen) atoms. The molecular weight excluding hydrogens is 394 g/mol. The second kappa shape index (κ2) is 8.53. The van der Waals surface area contributed by atoms with Gasteiger partial charge in [-0.05, 0) is 42.8 Å². The number of rotatable bonds is 5. The highest BCUT2D eigenvalue weighted by atomic mass is 35.5. The number of carbonyl (C=O) groups is 2. The lowest BCUT2D eigenvalue weighted by atomic mass is 10.1. The smallest absolute Gasteiger partial charge is 0.271 e. The lowest BCUT2D eigenvalue weighted by molar-refractivity contribution is -0.384. The summed E-state index contributed by atoms with van der Waals surface area (Å²) in [4.78, 5) is 35.4. The van der Waals surface area contributed by atoms with E-state index in [0.29, 0.717) is 11.3 Å². The lowest BCUT2D eigenvalue weighted by Crippen LogP contribution is -2.15. The van der Waals surface area contributed by atoms with Gasteiger partial charge < -0.3 is 10.6 Å². The number of nitro groups is 1. The summed E-state index contributed by atoms with van der Waals surface area (Å²) in [5, 5.41) is 16.5. The van der Waals surface area contributed by atoms with Gasteiger partial charge in [0.2, 0.25) is 0 Å². The number of aryl methyl sites for hydroxylation is 1. The highest BCUT2D eigenvalue weighted by molar-refractivity contribution is 6.34. The van der Waals surface area contributed by atoms with Gasteiger partial charge in [0.1, 0.15) is 0 Å². The third-order valence-electron chi connectivity index (χ3n) is 4.19. The van der Waals surface area contributed by atoms with Gasteiger partial charge in [-0.1, -0.05) is 35.9 Å². The summed E-state index contributed by atoms with van der Waals surface area (Å²) >= 11 is 6.03. The van der Waals surface area contributed by atoms with E-state index in [1.54, 1.807) is 43.3 Å². The molecule has 0 bridgehead atoms. The normalized spacial score (nSPS) is 10.3. The van der Waals surface area contributed by atoms with E-state index in [4.69, 9.17) is 11.6 Å². The maximum Gasteiger partial charge on any atom is 0.271 e. The third-order valence-corrected chi connectivity index (χ3v) is 4.52. The molecule has 7 nitrogen and oxygen atoms in total. The van der Waals surface area contributed by atoms with Crippen LogP contribution >= 0.6 is 11.6 Å². The summed E-state index contributed by atoms with van der Waals surface area (Å²) in [5.74, 6) is -0.810. The Bertz CT molecular complexity index is 1100. The third kappa shape index (κ3) is 4.77. The number of hydrogen-bond donors (Lipinski definition) is 2. The van der Waals surface area contributed by atoms with Crippen molar-refractivity contribution in [3.8, 4) is 0 Å². The van der Waals surface area contributed by atoms with Gasteiger partial charge in [-0.15, -0.1) is 0 Å². The number of amides is 2. The zero-order valence-corrected chi connectivity index (χ0v) is 16.1. The first-order valence-electron chi connectivity index (χ1n) is 8.57. The van der Waals surface area contributed by atoms with E-state index in [1.165, 1.54) is 24.3 Å². The largest absolute Gasteiger partial charge is 0.322 e. The van der Waals surface area contributed by atoms with Crippen LogP contribution in [0.4, 0.5) is 17.1 Å². The van der Waals surface area contributed by atoms with Crippen LogP contribution in [0, 0.1) is 17.0 Å². The first kappa shape index (κ1) is 20.0. The molecule has 2 amide bonds. The molecule has 0 spiro atoms. The maximum atomic E-state index is 12.6. The molecule has 3 rings (SSSR count). The summed E-state index contributed by atoms with van der Waals surface area (Å²) in [5.41, 5.74) is 1.95. The van der Waals surface area contributed by atoms with Crippen molar-refractivity contribution in [3.05, 3.63) is 98.6 Å². The van der Waals surface area contributed by atoms with E-state index in [2.05, 4.69) is 10.6 Å². The second-order valence-electron chi connectivity index (χ2n) is 6.23. The molecule has 0 atom stereocenters. The molecule has 0 aliphatic carbocycles. The van der Waals surface area contributed by atoms with E-state index >= 15 is 0 Å². The van der Waals surface area contributed by atoms with Gasteiger partial charge in [0.25, 0.3) is 17.5 Å². The van der Waals surface area contributed by atoms with Crippen molar-refractivity contribution in [3.63, 3.8) is 0 Å². The van der Waals surface area contributed by atoms with Crippen molar-refractivity contribution < 1.29 is 14.5 Å². The van der Waals surface area contributed by atoms with Gasteiger partial charge in [-0.3, -0.25) is 19.7 Å². The van der Waals surface area contributed by atoms with Gasteiger partial charge in [0.15, 0.2) is 0 Å². The van der Waals surface area contributed by atoms with Gasteiger partial charge in [0.05, 0.1) is 15.6 Å². The Morgan fingerprint density at radius 3 is 2.21 bits per heavy atom. The fourth-order valence-electron chi connectivity index (χ4n) is 2.60. The van der Waals surface area contributed by atoms with Crippen LogP contribution in [0.5, 0.6) is 0 Å². The van der Waals surface area contributed by atoms with E-state index in [0.717, 1.165) is 5.56 Å². The van der Waals surface area contributed by atoms with E-state index < -0.39 is 10.8 Å². The fourth-order valence-corrected chi connectivity index (χ4v) is 2.76. The highest BCUT2D eigenvalue weighted by Crippen LogP contribution is 2.27. The number of nitrogens with one attached hydrogen (secondary N) is 2. The summed E-state index contributed by atoms with van der Waals surface area (Å²) in [7, 11) is 0. The summed E-state index contributed by atoms with van der Waals surface area (Å²) < 4.78 is 0. The molecule has 2 N–H and O–H groups in total. The summed E-state index contributed by atoms with van der Waals surface area (Å²) in [6.07, 6.45) is 0. The molecule has 146 valence electrons. The van der Waals surface area contributed by atoms with Crippen molar-refractivity contribution >= 4 is 40.5 Å². The van der Waals surface area contributed by atoms with Crippen LogP contribution in [-0.4, -0.2) is 16.7 Å². The number of nitrogens with zero attached hydrogens (tertiary/aromatic N) is 1. The number of non-ortho nitro benzene ring substituents is 1. The van der Waals surface area contributed by atoms with E-state index in [-0.39, 0.29) is 27.9 Å². The monoisotopic (exact) mass is 409 g/mol. The van der Waals surface area contributed by atoms with Crippen LogP contribution in [0.2, 0.25) is 5.02 Å². The van der Waals surface area contributed by atoms with Crippen molar-refractivity contribution in [2.45, 2.75) is 6.92 Å². The molecule has 0 aromatic heterocycles. The molecule has 0 fully saturated rings. The molecule has 0 saturated carbocycles. The number of carbonyl (C=O) groups excluding carboxylic acids is 2. The summed E-state index contributed by atoms with van der Waals surface area (Å²) in [6.45, 7) is 1.81. The highest BCUT2D eigenvalue weighted by Gasteiger charge is 2.15. The number of anilines is 2. The van der Waals surface area contributed by atoms with Gasteiger partial charge in [-0.25, -0.2) is 0 Å². The molecule has 0 saturated heterocycles. The topological polar surface area (TPSA) is 101 Å². The Balaban J connectivity index is 1.82. The zero-order valence-electron chi connectivity index (χ0n) is 15.3. The van der Waals surface area contributed by atoms with Crippen molar-refractivity contribution in [2.24, 2.45) is 0 Å². The Morgan fingerprint density at radius 1 is 0.862 bits per heavy atom. The molecule has 0 aliphatic rings. The molecule has 0 aliphatic heterocycles. The minimum Gasteiger partial charge on any atom is -0.322 e. The van der Waals surface area contributed by atoms with Gasteiger partial charge in [-0.2, -0.15) is 0 Å². The minimum atomic E-state index is -0.574. The first-order chi connectivity index (χ1) is 13.8. The van der Waals surface area contributed by atoms with Crippen LogP contribution < -0.4 is 10.6 Å². The Labute approximate surface area is 171 Å². The molecule has 0 unspecified atom stereocenters. The van der Waals surface area contributed by atoms with Gasteiger partial charge >= 0.3 is 0 Å². The van der Waals surface area contributed by atoms with Crippen molar-refractivity contribution in [1.82, 2.24) is 0 Å². The minimum absolute atomic E-state index is 0.126. The molecule has 3 aromatic rings. The molecule has 8 heteroatoms. The number of hydrogen-bond acceptors (Lipinski definition) is 4. The fraction of sp³-hybridized carbons (Fsp3) is 0.0476. The SMILES string of the molecule is Cc1ccc(C(=O)Nc2cc([N+](=O)[O-])ccc2Cl)cc1NC(=O)c1ccccc1. The van der Waals surface area contributed by atoms with Crippen LogP contribution in [0.25, 0.3) is 0 Å².